The van der Waals surface area contributed by atoms with Crippen LogP contribution in [-0.2, 0) is 9.59 Å². The van der Waals surface area contributed by atoms with Crippen molar-refractivity contribution in [2.24, 2.45) is 0 Å². The quantitative estimate of drug-likeness (QED) is 0.0641. The molecule has 0 spiro atoms. The molecule has 4 heteroatoms. The molecule has 0 fully saturated rings. The van der Waals surface area contributed by atoms with Gasteiger partial charge in [-0.3, -0.25) is 9.59 Å². The molecule has 0 rings (SSSR count). The summed E-state index contributed by atoms with van der Waals surface area (Å²) in [5.41, 5.74) is 0. The summed E-state index contributed by atoms with van der Waals surface area (Å²) in [6.45, 7) is 4.96. The minimum atomic E-state index is -0.406. The Balaban J connectivity index is 3.32. The van der Waals surface area contributed by atoms with Crippen molar-refractivity contribution in [2.45, 2.75) is 258 Å². The van der Waals surface area contributed by atoms with Crippen molar-refractivity contribution in [1.29, 1.82) is 0 Å². The SMILES string of the molecule is CCCCCCCCCCCCCCCC[C@H](O)CNC(=O)CCCCCCCCCCC(=O)CCCCCCCCCCCCC. The summed E-state index contributed by atoms with van der Waals surface area (Å²) in [7, 11) is 0. The molecule has 1 amide bonds. The molecule has 0 aromatic heterocycles. The molecule has 0 aromatic carbocycles. The summed E-state index contributed by atoms with van der Waals surface area (Å²) < 4.78 is 0. The monoisotopic (exact) mass is 664 g/mol. The van der Waals surface area contributed by atoms with Gasteiger partial charge in [0.1, 0.15) is 5.78 Å². The fourth-order valence-electron chi connectivity index (χ4n) is 6.78. The van der Waals surface area contributed by atoms with Crippen molar-refractivity contribution in [2.75, 3.05) is 6.54 Å². The fourth-order valence-corrected chi connectivity index (χ4v) is 6.78. The second-order valence-electron chi connectivity index (χ2n) is 15.0. The minimum absolute atomic E-state index is 0.0860. The van der Waals surface area contributed by atoms with E-state index in [9.17, 15) is 14.7 Å². The molecule has 0 aromatic rings. The van der Waals surface area contributed by atoms with Crippen molar-refractivity contribution < 1.29 is 14.7 Å². The van der Waals surface area contributed by atoms with E-state index >= 15 is 0 Å². The van der Waals surface area contributed by atoms with Gasteiger partial charge in [0.05, 0.1) is 6.10 Å². The first kappa shape index (κ1) is 46.1. The van der Waals surface area contributed by atoms with Crippen molar-refractivity contribution in [1.82, 2.24) is 5.32 Å². The van der Waals surface area contributed by atoms with Crippen molar-refractivity contribution in [3.63, 3.8) is 0 Å². The molecule has 280 valence electrons. The standard InChI is InChI=1S/C43H85NO3/c1-3-5-7-9-11-13-15-16-17-19-21-26-30-34-38-42(46)40-44-43(47)39-35-31-27-23-22-25-29-33-37-41(45)36-32-28-24-20-18-14-12-10-8-6-4-2/h42,46H,3-40H2,1-2H3,(H,44,47)/t42-/m0/s1. The van der Waals surface area contributed by atoms with Gasteiger partial charge in [-0.2, -0.15) is 0 Å². The molecule has 0 bridgehead atoms. The number of hydrogen-bond donors (Lipinski definition) is 2. The first-order valence-corrected chi connectivity index (χ1v) is 21.6. The second-order valence-corrected chi connectivity index (χ2v) is 15.0. The molecule has 0 radical (unpaired) electrons. The molecule has 0 saturated carbocycles. The highest BCUT2D eigenvalue weighted by atomic mass is 16.3. The van der Waals surface area contributed by atoms with E-state index in [2.05, 4.69) is 19.2 Å². The lowest BCUT2D eigenvalue weighted by Gasteiger charge is -2.12. The number of aliphatic hydroxyl groups excluding tert-OH is 1. The van der Waals surface area contributed by atoms with E-state index in [0.717, 1.165) is 51.4 Å². The van der Waals surface area contributed by atoms with Gasteiger partial charge in [0.15, 0.2) is 0 Å². The average Bonchev–Trinajstić information content (AvgIpc) is 3.07. The van der Waals surface area contributed by atoms with Gasteiger partial charge in [-0.25, -0.2) is 0 Å². The fraction of sp³-hybridized carbons (Fsp3) is 0.953. The van der Waals surface area contributed by atoms with E-state index in [4.69, 9.17) is 0 Å². The summed E-state index contributed by atoms with van der Waals surface area (Å²) in [5.74, 6) is 0.560. The molecule has 4 nitrogen and oxygen atoms in total. The smallest absolute Gasteiger partial charge is 0.220 e. The number of rotatable bonds is 40. The van der Waals surface area contributed by atoms with Gasteiger partial charge >= 0.3 is 0 Å². The summed E-state index contributed by atoms with van der Waals surface area (Å²) in [6, 6.07) is 0. The number of carbonyl (C=O) groups excluding carboxylic acids is 2. The summed E-state index contributed by atoms with van der Waals surface area (Å²) in [5, 5.41) is 13.2. The van der Waals surface area contributed by atoms with Gasteiger partial charge in [0.25, 0.3) is 0 Å². The number of Topliss-reactive ketones (excluding diaryl/α,β-unsaturated/α-hetero) is 1. The van der Waals surface area contributed by atoms with Crippen LogP contribution in [0.4, 0.5) is 0 Å². The van der Waals surface area contributed by atoms with E-state index < -0.39 is 6.10 Å². The topological polar surface area (TPSA) is 66.4 Å². The number of unbranched alkanes of at least 4 members (excludes halogenated alkanes) is 30. The molecule has 47 heavy (non-hydrogen) atoms. The van der Waals surface area contributed by atoms with Gasteiger partial charge in [0.2, 0.25) is 5.91 Å². The lowest BCUT2D eigenvalue weighted by Crippen LogP contribution is -2.31. The molecule has 1 atom stereocenters. The van der Waals surface area contributed by atoms with E-state index in [0.29, 0.717) is 18.7 Å². The second kappa shape index (κ2) is 39.5. The third-order valence-electron chi connectivity index (χ3n) is 10.1. The summed E-state index contributed by atoms with van der Waals surface area (Å²) >= 11 is 0. The number of carbonyl (C=O) groups is 2. The third-order valence-corrected chi connectivity index (χ3v) is 10.1. The van der Waals surface area contributed by atoms with Gasteiger partial charge in [-0.15, -0.1) is 0 Å². The van der Waals surface area contributed by atoms with E-state index in [1.165, 1.54) is 180 Å². The maximum absolute atomic E-state index is 12.1. The van der Waals surface area contributed by atoms with Crippen molar-refractivity contribution >= 4 is 11.7 Å². The lowest BCUT2D eigenvalue weighted by atomic mass is 10.0. The lowest BCUT2D eigenvalue weighted by molar-refractivity contribution is -0.121. The highest BCUT2D eigenvalue weighted by Crippen LogP contribution is 2.16. The normalized spacial score (nSPS) is 12.1. The van der Waals surface area contributed by atoms with Crippen molar-refractivity contribution in [3.8, 4) is 0 Å². The summed E-state index contributed by atoms with van der Waals surface area (Å²) in [6.07, 6.45) is 45.2. The number of hydrogen-bond acceptors (Lipinski definition) is 3. The predicted molar refractivity (Wildman–Crippen MR) is 206 cm³/mol. The van der Waals surface area contributed by atoms with Gasteiger partial charge < -0.3 is 10.4 Å². The van der Waals surface area contributed by atoms with Crippen LogP contribution >= 0.6 is 0 Å². The van der Waals surface area contributed by atoms with Crippen LogP contribution in [0.3, 0.4) is 0 Å². The number of amides is 1. The number of aliphatic hydroxyl groups is 1. The zero-order valence-corrected chi connectivity index (χ0v) is 32.2. The maximum Gasteiger partial charge on any atom is 0.220 e. The number of nitrogens with one attached hydrogen (secondary N) is 1. The van der Waals surface area contributed by atoms with Crippen LogP contribution in [0.5, 0.6) is 0 Å². The molecule has 0 unspecified atom stereocenters. The third kappa shape index (κ3) is 39.4. The predicted octanol–water partition coefficient (Wildman–Crippen LogP) is 13.5. The van der Waals surface area contributed by atoms with E-state index in [1.54, 1.807) is 0 Å². The van der Waals surface area contributed by atoms with E-state index in [-0.39, 0.29) is 5.91 Å². The number of ketones is 1. The molecular weight excluding hydrogens is 578 g/mol. The van der Waals surface area contributed by atoms with Crippen LogP contribution in [-0.4, -0.2) is 29.4 Å². The highest BCUT2D eigenvalue weighted by molar-refractivity contribution is 5.78. The van der Waals surface area contributed by atoms with Crippen molar-refractivity contribution in [3.05, 3.63) is 0 Å². The van der Waals surface area contributed by atoms with Crippen LogP contribution in [0.2, 0.25) is 0 Å². The molecular formula is C43H85NO3. The van der Waals surface area contributed by atoms with Crippen LogP contribution in [0, 0.1) is 0 Å². The first-order valence-electron chi connectivity index (χ1n) is 21.6. The Morgan fingerprint density at radius 2 is 0.681 bits per heavy atom. The molecule has 0 aliphatic heterocycles. The Labute approximate surface area is 295 Å². The maximum atomic E-state index is 12.1. The highest BCUT2D eigenvalue weighted by Gasteiger charge is 2.07. The first-order chi connectivity index (χ1) is 23.1. The Morgan fingerprint density at radius 3 is 1.02 bits per heavy atom. The van der Waals surface area contributed by atoms with Gasteiger partial charge in [-0.1, -0.05) is 206 Å². The zero-order valence-electron chi connectivity index (χ0n) is 32.2. The molecule has 0 saturated heterocycles. The molecule has 0 aliphatic rings. The summed E-state index contributed by atoms with van der Waals surface area (Å²) in [4.78, 5) is 24.3. The van der Waals surface area contributed by atoms with Crippen LogP contribution in [0.25, 0.3) is 0 Å². The Kier molecular flexibility index (Phi) is 38.8. The van der Waals surface area contributed by atoms with Crippen LogP contribution < -0.4 is 5.32 Å². The Hall–Kier alpha value is -0.900. The Morgan fingerprint density at radius 1 is 0.404 bits per heavy atom. The molecule has 0 aliphatic carbocycles. The zero-order chi connectivity index (χ0) is 34.3. The molecule has 0 heterocycles. The minimum Gasteiger partial charge on any atom is -0.391 e. The Bertz CT molecular complexity index is 637. The molecule has 2 N–H and O–H groups in total. The van der Waals surface area contributed by atoms with Gasteiger partial charge in [-0.05, 0) is 25.7 Å². The van der Waals surface area contributed by atoms with Crippen LogP contribution in [0.1, 0.15) is 251 Å². The van der Waals surface area contributed by atoms with Gasteiger partial charge in [0, 0.05) is 25.8 Å². The van der Waals surface area contributed by atoms with Crippen LogP contribution in [0.15, 0.2) is 0 Å². The average molecular weight is 664 g/mol. The largest absolute Gasteiger partial charge is 0.391 e. The van der Waals surface area contributed by atoms with E-state index in [1.807, 2.05) is 0 Å².